The molecule has 2 saturated heterocycles. The molecular formula is C16H29N3O2. The quantitative estimate of drug-likeness (QED) is 0.821. The number of nitrogens with zero attached hydrogens (tertiary/aromatic N) is 1. The Kier molecular flexibility index (Phi) is 5.62. The van der Waals surface area contributed by atoms with Gasteiger partial charge in [-0.1, -0.05) is 13.3 Å². The normalized spacial score (nSPS) is 27.4. The van der Waals surface area contributed by atoms with Gasteiger partial charge in [0.15, 0.2) is 0 Å². The standard InChI is InChI=1S/C16H29N3O2/c1-3-7-16(8-4-9-17-12-16)15(21)19-10-5-14(6-11-19)18-13(2)20/h14,17H,3-12H2,1-2H3,(H,18,20). The molecular weight excluding hydrogens is 266 g/mol. The van der Waals surface area contributed by atoms with Crippen molar-refractivity contribution in [3.05, 3.63) is 0 Å². The van der Waals surface area contributed by atoms with Gasteiger partial charge in [0, 0.05) is 32.6 Å². The van der Waals surface area contributed by atoms with E-state index in [9.17, 15) is 9.59 Å². The molecule has 21 heavy (non-hydrogen) atoms. The summed E-state index contributed by atoms with van der Waals surface area (Å²) >= 11 is 0. The molecule has 2 fully saturated rings. The van der Waals surface area contributed by atoms with E-state index in [1.54, 1.807) is 6.92 Å². The maximum atomic E-state index is 13.0. The van der Waals surface area contributed by atoms with E-state index < -0.39 is 0 Å². The molecule has 2 heterocycles. The lowest BCUT2D eigenvalue weighted by Gasteiger charge is -2.42. The van der Waals surface area contributed by atoms with E-state index in [1.165, 1.54) is 0 Å². The first-order chi connectivity index (χ1) is 10.1. The Hall–Kier alpha value is -1.10. The van der Waals surface area contributed by atoms with E-state index in [0.29, 0.717) is 5.91 Å². The van der Waals surface area contributed by atoms with Crippen LogP contribution in [0.15, 0.2) is 0 Å². The molecule has 2 rings (SSSR count). The van der Waals surface area contributed by atoms with E-state index in [1.807, 2.05) is 4.90 Å². The second-order valence-corrected chi connectivity index (χ2v) is 6.58. The lowest BCUT2D eigenvalue weighted by atomic mass is 9.75. The minimum atomic E-state index is -0.187. The highest BCUT2D eigenvalue weighted by atomic mass is 16.2. The zero-order valence-electron chi connectivity index (χ0n) is 13.4. The predicted octanol–water partition coefficient (Wildman–Crippen LogP) is 1.28. The van der Waals surface area contributed by atoms with Gasteiger partial charge in [-0.15, -0.1) is 0 Å². The largest absolute Gasteiger partial charge is 0.353 e. The maximum absolute atomic E-state index is 13.0. The van der Waals surface area contributed by atoms with Crippen LogP contribution in [0.1, 0.15) is 52.4 Å². The first-order valence-corrected chi connectivity index (χ1v) is 8.34. The summed E-state index contributed by atoms with van der Waals surface area (Å²) in [5.74, 6) is 0.358. The molecule has 0 aromatic rings. The molecule has 0 aromatic heterocycles. The third kappa shape index (κ3) is 3.96. The van der Waals surface area contributed by atoms with Crippen LogP contribution >= 0.6 is 0 Å². The van der Waals surface area contributed by atoms with Crippen molar-refractivity contribution in [2.24, 2.45) is 5.41 Å². The van der Waals surface area contributed by atoms with Crippen LogP contribution < -0.4 is 10.6 Å². The van der Waals surface area contributed by atoms with Crippen LogP contribution in [0.4, 0.5) is 0 Å². The monoisotopic (exact) mass is 295 g/mol. The second-order valence-electron chi connectivity index (χ2n) is 6.58. The van der Waals surface area contributed by atoms with Crippen LogP contribution in [-0.4, -0.2) is 48.9 Å². The number of hydrogen-bond acceptors (Lipinski definition) is 3. The first kappa shape index (κ1) is 16.3. The summed E-state index contributed by atoms with van der Waals surface area (Å²) in [6.45, 7) is 7.12. The number of amides is 2. The number of piperidine rings is 2. The lowest BCUT2D eigenvalue weighted by molar-refractivity contribution is -0.145. The van der Waals surface area contributed by atoms with Crippen molar-refractivity contribution >= 4 is 11.8 Å². The molecule has 5 heteroatoms. The van der Waals surface area contributed by atoms with Crippen molar-refractivity contribution in [3.8, 4) is 0 Å². The zero-order chi connectivity index (χ0) is 15.3. The van der Waals surface area contributed by atoms with Crippen molar-refractivity contribution in [1.29, 1.82) is 0 Å². The molecule has 0 aliphatic carbocycles. The molecule has 2 amide bonds. The molecule has 120 valence electrons. The van der Waals surface area contributed by atoms with Gasteiger partial charge in [0.25, 0.3) is 0 Å². The van der Waals surface area contributed by atoms with Crippen LogP contribution in [0.3, 0.4) is 0 Å². The van der Waals surface area contributed by atoms with Gasteiger partial charge in [0.05, 0.1) is 5.41 Å². The zero-order valence-corrected chi connectivity index (χ0v) is 13.4. The fraction of sp³-hybridized carbons (Fsp3) is 0.875. The molecule has 2 aliphatic heterocycles. The Morgan fingerprint density at radius 3 is 2.57 bits per heavy atom. The van der Waals surface area contributed by atoms with Crippen LogP contribution in [0.25, 0.3) is 0 Å². The summed E-state index contributed by atoms with van der Waals surface area (Å²) in [4.78, 5) is 26.1. The molecule has 2 N–H and O–H groups in total. The summed E-state index contributed by atoms with van der Waals surface area (Å²) in [5, 5.41) is 6.38. The summed E-state index contributed by atoms with van der Waals surface area (Å²) in [6.07, 6.45) is 5.88. The topological polar surface area (TPSA) is 61.4 Å². The Morgan fingerprint density at radius 2 is 2.05 bits per heavy atom. The third-order valence-electron chi connectivity index (χ3n) is 4.84. The number of carbonyl (C=O) groups is 2. The number of likely N-dealkylation sites (tertiary alicyclic amines) is 1. The molecule has 0 spiro atoms. The SMILES string of the molecule is CCCC1(C(=O)N2CCC(NC(C)=O)CC2)CCCNC1. The van der Waals surface area contributed by atoms with Crippen LogP contribution in [0.5, 0.6) is 0 Å². The molecule has 0 bridgehead atoms. The highest BCUT2D eigenvalue weighted by Crippen LogP contribution is 2.34. The van der Waals surface area contributed by atoms with Crippen molar-refractivity contribution in [3.63, 3.8) is 0 Å². The van der Waals surface area contributed by atoms with Crippen molar-refractivity contribution in [1.82, 2.24) is 15.5 Å². The van der Waals surface area contributed by atoms with Crippen molar-refractivity contribution in [2.45, 2.75) is 58.4 Å². The van der Waals surface area contributed by atoms with Gasteiger partial charge in [0.1, 0.15) is 0 Å². The van der Waals surface area contributed by atoms with Crippen LogP contribution in [-0.2, 0) is 9.59 Å². The van der Waals surface area contributed by atoms with E-state index in [2.05, 4.69) is 17.6 Å². The summed E-state index contributed by atoms with van der Waals surface area (Å²) < 4.78 is 0. The average molecular weight is 295 g/mol. The second kappa shape index (κ2) is 7.25. The molecule has 0 saturated carbocycles. The number of hydrogen-bond donors (Lipinski definition) is 2. The van der Waals surface area contributed by atoms with E-state index in [-0.39, 0.29) is 17.4 Å². The van der Waals surface area contributed by atoms with Gasteiger partial charge in [-0.05, 0) is 38.6 Å². The number of carbonyl (C=O) groups excluding carboxylic acids is 2. The van der Waals surface area contributed by atoms with Gasteiger partial charge in [-0.2, -0.15) is 0 Å². The van der Waals surface area contributed by atoms with Crippen LogP contribution in [0, 0.1) is 5.41 Å². The fourth-order valence-corrected chi connectivity index (χ4v) is 3.80. The van der Waals surface area contributed by atoms with Crippen molar-refractivity contribution in [2.75, 3.05) is 26.2 Å². The molecule has 1 unspecified atom stereocenters. The summed E-state index contributed by atoms with van der Waals surface area (Å²) in [6, 6.07) is 0.234. The third-order valence-corrected chi connectivity index (χ3v) is 4.84. The Bertz CT molecular complexity index is 364. The maximum Gasteiger partial charge on any atom is 0.230 e. The van der Waals surface area contributed by atoms with E-state index >= 15 is 0 Å². The lowest BCUT2D eigenvalue weighted by Crippen LogP contribution is -2.55. The molecule has 0 radical (unpaired) electrons. The minimum absolute atomic E-state index is 0.0266. The number of rotatable bonds is 4. The highest BCUT2D eigenvalue weighted by Gasteiger charge is 2.42. The van der Waals surface area contributed by atoms with Crippen molar-refractivity contribution < 1.29 is 9.59 Å². The van der Waals surface area contributed by atoms with E-state index in [4.69, 9.17) is 0 Å². The molecule has 1 atom stereocenters. The van der Waals surface area contributed by atoms with Gasteiger partial charge in [-0.25, -0.2) is 0 Å². The van der Waals surface area contributed by atoms with Gasteiger partial charge in [-0.3, -0.25) is 9.59 Å². The molecule has 0 aromatic carbocycles. The van der Waals surface area contributed by atoms with Gasteiger partial charge < -0.3 is 15.5 Å². The number of nitrogens with one attached hydrogen (secondary N) is 2. The smallest absolute Gasteiger partial charge is 0.230 e. The Balaban J connectivity index is 1.94. The van der Waals surface area contributed by atoms with E-state index in [0.717, 1.165) is 64.7 Å². The predicted molar refractivity (Wildman–Crippen MR) is 82.9 cm³/mol. The molecule has 5 nitrogen and oxygen atoms in total. The minimum Gasteiger partial charge on any atom is -0.353 e. The Morgan fingerprint density at radius 1 is 1.33 bits per heavy atom. The van der Waals surface area contributed by atoms with Gasteiger partial charge >= 0.3 is 0 Å². The highest BCUT2D eigenvalue weighted by molar-refractivity contribution is 5.83. The Labute approximate surface area is 127 Å². The fourth-order valence-electron chi connectivity index (χ4n) is 3.80. The molecule has 2 aliphatic rings. The average Bonchev–Trinajstić information content (AvgIpc) is 2.48. The van der Waals surface area contributed by atoms with Gasteiger partial charge in [0.2, 0.25) is 11.8 Å². The summed E-state index contributed by atoms with van der Waals surface area (Å²) in [5.41, 5.74) is -0.187. The van der Waals surface area contributed by atoms with Crippen LogP contribution in [0.2, 0.25) is 0 Å². The summed E-state index contributed by atoms with van der Waals surface area (Å²) in [7, 11) is 0. The first-order valence-electron chi connectivity index (χ1n) is 8.34.